The summed E-state index contributed by atoms with van der Waals surface area (Å²) in [6, 6.07) is 17.3. The number of carbonyl (C=O) groups excluding carboxylic acids is 1. The molecule has 0 bridgehead atoms. The van der Waals surface area contributed by atoms with Gasteiger partial charge in [0.1, 0.15) is 23.0 Å². The number of fused-ring (bicyclic) bond motifs is 2. The number of ether oxygens (including phenoxy) is 1. The largest absolute Gasteiger partial charge is 0.466 e. The molecule has 4 heteroatoms. The topological polar surface area (TPSA) is 51.5 Å². The van der Waals surface area contributed by atoms with Crippen molar-refractivity contribution < 1.29 is 13.9 Å². The molecule has 0 saturated carbocycles. The summed E-state index contributed by atoms with van der Waals surface area (Å²) in [6.45, 7) is 4.26. The number of para-hydroxylation sites is 2. The Labute approximate surface area is 146 Å². The van der Waals surface area contributed by atoms with Crippen molar-refractivity contribution in [2.75, 3.05) is 0 Å². The molecule has 126 valence electrons. The molecule has 1 N–H and O–H groups in total. The van der Waals surface area contributed by atoms with Gasteiger partial charge in [0.2, 0.25) is 5.91 Å². The van der Waals surface area contributed by atoms with Gasteiger partial charge in [-0.15, -0.1) is 0 Å². The Hall–Kier alpha value is -3.01. The van der Waals surface area contributed by atoms with Gasteiger partial charge in [-0.1, -0.05) is 36.4 Å². The van der Waals surface area contributed by atoms with Crippen molar-refractivity contribution in [1.82, 2.24) is 5.32 Å². The molecule has 0 unspecified atom stereocenters. The zero-order valence-corrected chi connectivity index (χ0v) is 14.2. The van der Waals surface area contributed by atoms with Crippen LogP contribution in [0.15, 0.2) is 59.0 Å². The average Bonchev–Trinajstić information content (AvgIpc) is 2.94. The van der Waals surface area contributed by atoms with Crippen LogP contribution in [0.1, 0.15) is 34.1 Å². The number of carbonyl (C=O) groups is 1. The zero-order chi connectivity index (χ0) is 17.4. The van der Waals surface area contributed by atoms with E-state index >= 15 is 0 Å². The number of rotatable bonds is 3. The third-order valence-corrected chi connectivity index (χ3v) is 4.54. The summed E-state index contributed by atoms with van der Waals surface area (Å²) in [5.41, 5.74) is 2.78. The maximum atomic E-state index is 13.0. The quantitative estimate of drug-likeness (QED) is 0.770. The second-order valence-corrected chi connectivity index (χ2v) is 6.27. The molecule has 1 amide bonds. The molecular weight excluding hydrogens is 314 g/mol. The Morgan fingerprint density at radius 3 is 2.16 bits per heavy atom. The summed E-state index contributed by atoms with van der Waals surface area (Å²) >= 11 is 0. The van der Waals surface area contributed by atoms with Gasteiger partial charge in [-0.25, -0.2) is 0 Å². The van der Waals surface area contributed by atoms with Crippen molar-refractivity contribution >= 4 is 5.91 Å². The lowest BCUT2D eigenvalue weighted by atomic mass is 9.87. The van der Waals surface area contributed by atoms with Gasteiger partial charge in [-0.2, -0.15) is 0 Å². The number of hydrogen-bond donors (Lipinski definition) is 1. The van der Waals surface area contributed by atoms with Crippen molar-refractivity contribution in [3.05, 3.63) is 82.8 Å². The molecule has 1 aliphatic heterocycles. The van der Waals surface area contributed by atoms with Gasteiger partial charge in [0, 0.05) is 23.2 Å². The summed E-state index contributed by atoms with van der Waals surface area (Å²) in [4.78, 5) is 13.0. The molecule has 3 aromatic rings. The van der Waals surface area contributed by atoms with E-state index in [1.54, 1.807) is 0 Å². The van der Waals surface area contributed by atoms with Gasteiger partial charge in [-0.3, -0.25) is 4.79 Å². The molecular formula is C21H19NO3. The van der Waals surface area contributed by atoms with Crippen molar-refractivity contribution in [1.29, 1.82) is 0 Å². The summed E-state index contributed by atoms with van der Waals surface area (Å²) in [6.07, 6.45) is 0. The standard InChI is InChI=1S/C21H19NO3/c1-13-11-15(14(2)24-13)12-22-21(23)20-16-7-3-5-9-18(16)25-19-10-6-4-8-17(19)20/h3-11,20H,12H2,1-2H3,(H,22,23). The van der Waals surface area contributed by atoms with Gasteiger partial charge in [0.05, 0.1) is 5.92 Å². The first-order valence-electron chi connectivity index (χ1n) is 8.33. The minimum Gasteiger partial charge on any atom is -0.466 e. The maximum absolute atomic E-state index is 13.0. The molecule has 2 aromatic carbocycles. The summed E-state index contributed by atoms with van der Waals surface area (Å²) in [5, 5.41) is 3.05. The Bertz CT molecular complexity index is 896. The molecule has 4 rings (SSSR count). The molecule has 0 radical (unpaired) electrons. The first-order chi connectivity index (χ1) is 12.1. The number of aryl methyl sites for hydroxylation is 2. The molecule has 0 fully saturated rings. The number of furan rings is 1. The van der Waals surface area contributed by atoms with Crippen molar-refractivity contribution in [2.45, 2.75) is 26.3 Å². The van der Waals surface area contributed by atoms with E-state index in [1.807, 2.05) is 68.4 Å². The number of benzene rings is 2. The number of nitrogens with one attached hydrogen (secondary N) is 1. The molecule has 2 heterocycles. The lowest BCUT2D eigenvalue weighted by molar-refractivity contribution is -0.122. The first kappa shape index (κ1) is 15.5. The maximum Gasteiger partial charge on any atom is 0.232 e. The Morgan fingerprint density at radius 1 is 1.00 bits per heavy atom. The van der Waals surface area contributed by atoms with Crippen molar-refractivity contribution in [2.24, 2.45) is 0 Å². The Balaban J connectivity index is 1.65. The van der Waals surface area contributed by atoms with E-state index in [0.717, 1.165) is 39.7 Å². The van der Waals surface area contributed by atoms with Crippen LogP contribution >= 0.6 is 0 Å². The smallest absolute Gasteiger partial charge is 0.232 e. The van der Waals surface area contributed by atoms with Crippen LogP contribution in [-0.4, -0.2) is 5.91 Å². The fourth-order valence-corrected chi connectivity index (χ4v) is 3.34. The van der Waals surface area contributed by atoms with Crippen molar-refractivity contribution in [3.63, 3.8) is 0 Å². The molecule has 1 aliphatic rings. The second kappa shape index (κ2) is 6.13. The normalized spacial score (nSPS) is 12.9. The zero-order valence-electron chi connectivity index (χ0n) is 14.2. The Morgan fingerprint density at radius 2 is 1.60 bits per heavy atom. The second-order valence-electron chi connectivity index (χ2n) is 6.27. The van der Waals surface area contributed by atoms with Crippen LogP contribution < -0.4 is 10.1 Å². The summed E-state index contributed by atoms with van der Waals surface area (Å²) in [7, 11) is 0. The first-order valence-corrected chi connectivity index (χ1v) is 8.33. The van der Waals surface area contributed by atoms with Crippen LogP contribution in [0.3, 0.4) is 0 Å². The molecule has 0 aliphatic carbocycles. The highest BCUT2D eigenvalue weighted by Gasteiger charge is 2.32. The molecule has 4 nitrogen and oxygen atoms in total. The van der Waals surface area contributed by atoms with Gasteiger partial charge in [0.25, 0.3) is 0 Å². The van der Waals surface area contributed by atoms with Crippen LogP contribution in [0.5, 0.6) is 11.5 Å². The molecule has 1 aromatic heterocycles. The van der Waals surface area contributed by atoms with Crippen LogP contribution in [0.25, 0.3) is 0 Å². The summed E-state index contributed by atoms with van der Waals surface area (Å²) < 4.78 is 11.5. The van der Waals surface area contributed by atoms with E-state index in [2.05, 4.69) is 5.32 Å². The van der Waals surface area contributed by atoms with Crippen LogP contribution in [0.4, 0.5) is 0 Å². The van der Waals surface area contributed by atoms with E-state index in [1.165, 1.54) is 0 Å². The predicted molar refractivity (Wildman–Crippen MR) is 94.8 cm³/mol. The minimum absolute atomic E-state index is 0.0403. The summed E-state index contributed by atoms with van der Waals surface area (Å²) in [5.74, 6) is 2.73. The van der Waals surface area contributed by atoms with Crippen LogP contribution in [0.2, 0.25) is 0 Å². The highest BCUT2D eigenvalue weighted by Crippen LogP contribution is 2.43. The van der Waals surface area contributed by atoms with E-state index < -0.39 is 0 Å². The monoisotopic (exact) mass is 333 g/mol. The number of amides is 1. The lowest BCUT2D eigenvalue weighted by Crippen LogP contribution is -2.31. The van der Waals surface area contributed by atoms with E-state index in [-0.39, 0.29) is 11.8 Å². The highest BCUT2D eigenvalue weighted by molar-refractivity contribution is 5.89. The van der Waals surface area contributed by atoms with Crippen LogP contribution in [0, 0.1) is 13.8 Å². The fraction of sp³-hybridized carbons (Fsp3) is 0.190. The average molecular weight is 333 g/mol. The molecule has 0 saturated heterocycles. The molecule has 25 heavy (non-hydrogen) atoms. The predicted octanol–water partition coefficient (Wildman–Crippen LogP) is 4.45. The van der Waals surface area contributed by atoms with Crippen LogP contribution in [-0.2, 0) is 11.3 Å². The minimum atomic E-state index is -0.380. The van der Waals surface area contributed by atoms with Gasteiger partial charge >= 0.3 is 0 Å². The third-order valence-electron chi connectivity index (χ3n) is 4.54. The SMILES string of the molecule is Cc1cc(CNC(=O)C2c3ccccc3Oc3ccccc32)c(C)o1. The van der Waals surface area contributed by atoms with Gasteiger partial charge < -0.3 is 14.5 Å². The van der Waals surface area contributed by atoms with E-state index in [4.69, 9.17) is 9.15 Å². The highest BCUT2D eigenvalue weighted by atomic mass is 16.5. The van der Waals surface area contributed by atoms with Crippen molar-refractivity contribution in [3.8, 4) is 11.5 Å². The number of hydrogen-bond acceptors (Lipinski definition) is 3. The van der Waals surface area contributed by atoms with E-state index in [9.17, 15) is 4.79 Å². The fourth-order valence-electron chi connectivity index (χ4n) is 3.34. The lowest BCUT2D eigenvalue weighted by Gasteiger charge is -2.27. The van der Waals surface area contributed by atoms with Gasteiger partial charge in [-0.05, 0) is 32.0 Å². The molecule has 0 atom stereocenters. The van der Waals surface area contributed by atoms with Gasteiger partial charge in [0.15, 0.2) is 0 Å². The molecule has 0 spiro atoms. The van der Waals surface area contributed by atoms with E-state index in [0.29, 0.717) is 6.54 Å². The third kappa shape index (κ3) is 2.80. The Kier molecular flexibility index (Phi) is 3.80.